The third kappa shape index (κ3) is 3.02. The molecule has 2 fully saturated rings. The number of nitrogens with zero attached hydrogens (tertiary/aromatic N) is 1. The summed E-state index contributed by atoms with van der Waals surface area (Å²) in [5, 5.41) is 10.8. The van der Waals surface area contributed by atoms with Crippen molar-refractivity contribution in [2.24, 2.45) is 0 Å². The molecule has 0 aliphatic carbocycles. The van der Waals surface area contributed by atoms with Crippen molar-refractivity contribution in [3.8, 4) is 0 Å². The maximum atomic E-state index is 10.8. The molecule has 1 aromatic carbocycles. The fourth-order valence-corrected chi connectivity index (χ4v) is 4.64. The molecule has 0 radical (unpaired) electrons. The summed E-state index contributed by atoms with van der Waals surface area (Å²) < 4.78 is 1.07. The van der Waals surface area contributed by atoms with Crippen LogP contribution >= 0.6 is 27.7 Å². The SMILES string of the molecule is OC1(c2ccc(Br)cc2)CCN([C@@H]2CCSC2)CC1. The summed E-state index contributed by atoms with van der Waals surface area (Å²) in [6, 6.07) is 8.89. The molecule has 1 aromatic rings. The minimum atomic E-state index is -0.622. The molecule has 0 unspecified atom stereocenters. The molecular weight excluding hydrogens is 322 g/mol. The molecule has 3 rings (SSSR count). The average Bonchev–Trinajstić information content (AvgIpc) is 2.94. The second-order valence-electron chi connectivity index (χ2n) is 5.59. The fraction of sp³-hybridized carbons (Fsp3) is 0.600. The van der Waals surface area contributed by atoms with Crippen molar-refractivity contribution in [3.05, 3.63) is 34.3 Å². The first-order valence-electron chi connectivity index (χ1n) is 6.98. The zero-order valence-electron chi connectivity index (χ0n) is 11.0. The van der Waals surface area contributed by atoms with Gasteiger partial charge in [-0.3, -0.25) is 4.90 Å². The van der Waals surface area contributed by atoms with Gasteiger partial charge in [0.15, 0.2) is 0 Å². The highest BCUT2D eigenvalue weighted by Gasteiger charge is 2.36. The molecule has 0 amide bonds. The molecule has 2 saturated heterocycles. The maximum Gasteiger partial charge on any atom is 0.0920 e. The van der Waals surface area contributed by atoms with Crippen molar-refractivity contribution < 1.29 is 5.11 Å². The summed E-state index contributed by atoms with van der Waals surface area (Å²) in [5.74, 6) is 2.58. The lowest BCUT2D eigenvalue weighted by Crippen LogP contribution is -2.47. The van der Waals surface area contributed by atoms with Crippen LogP contribution in [0.5, 0.6) is 0 Å². The number of likely N-dealkylation sites (tertiary alicyclic amines) is 1. The lowest BCUT2D eigenvalue weighted by atomic mass is 9.84. The van der Waals surface area contributed by atoms with E-state index in [4.69, 9.17) is 0 Å². The van der Waals surface area contributed by atoms with Crippen molar-refractivity contribution in [2.75, 3.05) is 24.6 Å². The predicted molar refractivity (Wildman–Crippen MR) is 84.6 cm³/mol. The summed E-state index contributed by atoms with van der Waals surface area (Å²) in [7, 11) is 0. The van der Waals surface area contributed by atoms with Crippen molar-refractivity contribution in [1.29, 1.82) is 0 Å². The molecular formula is C15H20BrNOS. The van der Waals surface area contributed by atoms with E-state index in [1.165, 1.54) is 17.9 Å². The third-order valence-electron chi connectivity index (χ3n) is 4.43. The highest BCUT2D eigenvalue weighted by molar-refractivity contribution is 9.10. The standard InChI is InChI=1S/C15H20BrNOS/c16-13-3-1-12(2-4-13)15(18)6-8-17(9-7-15)14-5-10-19-11-14/h1-4,14,18H,5-11H2/t14-/m1/s1. The van der Waals surface area contributed by atoms with Crippen molar-refractivity contribution >= 4 is 27.7 Å². The number of hydrogen-bond donors (Lipinski definition) is 1. The molecule has 0 aromatic heterocycles. The zero-order valence-corrected chi connectivity index (χ0v) is 13.4. The van der Waals surface area contributed by atoms with Crippen LogP contribution in [0.3, 0.4) is 0 Å². The predicted octanol–water partition coefficient (Wildman–Crippen LogP) is 3.24. The number of rotatable bonds is 2. The van der Waals surface area contributed by atoms with Crippen LogP contribution in [-0.4, -0.2) is 40.6 Å². The Bertz CT molecular complexity index is 422. The van der Waals surface area contributed by atoms with Gasteiger partial charge < -0.3 is 5.11 Å². The second-order valence-corrected chi connectivity index (χ2v) is 7.66. The van der Waals surface area contributed by atoms with Crippen LogP contribution in [0.25, 0.3) is 0 Å². The highest BCUT2D eigenvalue weighted by Crippen LogP contribution is 2.35. The fourth-order valence-electron chi connectivity index (χ4n) is 3.12. The average molecular weight is 342 g/mol. The first-order chi connectivity index (χ1) is 9.17. The van der Waals surface area contributed by atoms with E-state index in [0.717, 1.165) is 42.0 Å². The molecule has 2 heterocycles. The van der Waals surface area contributed by atoms with Crippen LogP contribution in [0.1, 0.15) is 24.8 Å². The highest BCUT2D eigenvalue weighted by atomic mass is 79.9. The summed E-state index contributed by atoms with van der Waals surface area (Å²) in [6.07, 6.45) is 3.03. The molecule has 1 N–H and O–H groups in total. The lowest BCUT2D eigenvalue weighted by molar-refractivity contribution is -0.0333. The van der Waals surface area contributed by atoms with Crippen molar-refractivity contribution in [2.45, 2.75) is 30.9 Å². The van der Waals surface area contributed by atoms with Gasteiger partial charge in [-0.05, 0) is 42.7 Å². The van der Waals surface area contributed by atoms with Gasteiger partial charge in [-0.15, -0.1) is 0 Å². The quantitative estimate of drug-likeness (QED) is 0.893. The lowest BCUT2D eigenvalue weighted by Gasteiger charge is -2.41. The van der Waals surface area contributed by atoms with Gasteiger partial charge in [0.1, 0.15) is 0 Å². The smallest absolute Gasteiger partial charge is 0.0920 e. The number of hydrogen-bond acceptors (Lipinski definition) is 3. The molecule has 2 nitrogen and oxygen atoms in total. The summed E-state index contributed by atoms with van der Waals surface area (Å²) >= 11 is 5.51. The number of piperidine rings is 1. The van der Waals surface area contributed by atoms with Gasteiger partial charge in [-0.1, -0.05) is 28.1 Å². The Morgan fingerprint density at radius 2 is 1.89 bits per heavy atom. The van der Waals surface area contributed by atoms with Crippen LogP contribution in [0, 0.1) is 0 Å². The van der Waals surface area contributed by atoms with Crippen molar-refractivity contribution in [1.82, 2.24) is 4.90 Å². The summed E-state index contributed by atoms with van der Waals surface area (Å²) in [6.45, 7) is 2.05. The molecule has 19 heavy (non-hydrogen) atoms. The summed E-state index contributed by atoms with van der Waals surface area (Å²) in [5.41, 5.74) is 0.444. The normalized spacial score (nSPS) is 27.6. The Morgan fingerprint density at radius 1 is 1.21 bits per heavy atom. The molecule has 0 saturated carbocycles. The maximum absolute atomic E-state index is 10.8. The Hall–Kier alpha value is -0.0300. The van der Waals surface area contributed by atoms with Gasteiger partial charge in [-0.2, -0.15) is 11.8 Å². The van der Waals surface area contributed by atoms with Gasteiger partial charge in [-0.25, -0.2) is 0 Å². The van der Waals surface area contributed by atoms with Gasteiger partial charge in [0, 0.05) is 29.4 Å². The first-order valence-corrected chi connectivity index (χ1v) is 8.92. The largest absolute Gasteiger partial charge is 0.385 e. The van der Waals surface area contributed by atoms with Crippen LogP contribution in [0.4, 0.5) is 0 Å². The van der Waals surface area contributed by atoms with E-state index < -0.39 is 5.60 Å². The number of benzene rings is 1. The van der Waals surface area contributed by atoms with Gasteiger partial charge in [0.05, 0.1) is 5.60 Å². The molecule has 104 valence electrons. The molecule has 1 atom stereocenters. The molecule has 2 aliphatic heterocycles. The van der Waals surface area contributed by atoms with E-state index in [-0.39, 0.29) is 0 Å². The number of halogens is 1. The van der Waals surface area contributed by atoms with Crippen LogP contribution in [-0.2, 0) is 5.60 Å². The van der Waals surface area contributed by atoms with E-state index >= 15 is 0 Å². The summed E-state index contributed by atoms with van der Waals surface area (Å²) in [4.78, 5) is 2.58. The molecule has 4 heteroatoms. The molecule has 0 bridgehead atoms. The zero-order chi connectivity index (χ0) is 13.3. The first kappa shape index (κ1) is 13.9. The van der Waals surface area contributed by atoms with Crippen molar-refractivity contribution in [3.63, 3.8) is 0 Å². The van der Waals surface area contributed by atoms with E-state index in [1.54, 1.807) is 0 Å². The third-order valence-corrected chi connectivity index (χ3v) is 6.10. The number of thioether (sulfide) groups is 1. The molecule has 2 aliphatic rings. The topological polar surface area (TPSA) is 23.5 Å². The van der Waals surface area contributed by atoms with E-state index in [9.17, 15) is 5.11 Å². The Kier molecular flexibility index (Phi) is 4.22. The van der Waals surface area contributed by atoms with Crippen LogP contribution in [0.2, 0.25) is 0 Å². The van der Waals surface area contributed by atoms with Crippen LogP contribution < -0.4 is 0 Å². The van der Waals surface area contributed by atoms with Gasteiger partial charge in [0.2, 0.25) is 0 Å². The Balaban J connectivity index is 1.66. The number of aliphatic hydroxyl groups is 1. The monoisotopic (exact) mass is 341 g/mol. The molecule has 0 spiro atoms. The Labute approximate surface area is 127 Å². The van der Waals surface area contributed by atoms with E-state index in [1.807, 2.05) is 24.3 Å². The minimum Gasteiger partial charge on any atom is -0.385 e. The van der Waals surface area contributed by atoms with Crippen LogP contribution in [0.15, 0.2) is 28.7 Å². The van der Waals surface area contributed by atoms with E-state index in [2.05, 4.69) is 32.6 Å². The van der Waals surface area contributed by atoms with E-state index in [0.29, 0.717) is 0 Å². The Morgan fingerprint density at radius 3 is 2.47 bits per heavy atom. The second kappa shape index (κ2) is 5.76. The van der Waals surface area contributed by atoms with Gasteiger partial charge in [0.25, 0.3) is 0 Å². The minimum absolute atomic E-state index is 0.622. The van der Waals surface area contributed by atoms with Gasteiger partial charge >= 0.3 is 0 Å².